The van der Waals surface area contributed by atoms with Crippen LogP contribution in [0.25, 0.3) is 10.9 Å². The van der Waals surface area contributed by atoms with Gasteiger partial charge in [-0.1, -0.05) is 24.3 Å². The highest BCUT2D eigenvalue weighted by molar-refractivity contribution is 5.84. The maximum atomic E-state index is 13.8. The average molecular weight is 417 g/mol. The Hall–Kier alpha value is -2.99. The number of para-hydroxylation sites is 1. The smallest absolute Gasteiger partial charge is 0.250 e. The van der Waals surface area contributed by atoms with E-state index in [0.29, 0.717) is 19.1 Å². The Morgan fingerprint density at radius 3 is 2.84 bits per heavy atom. The molecule has 1 aromatic carbocycles. The number of nitrogens with zero attached hydrogens (tertiary/aromatic N) is 3. The van der Waals surface area contributed by atoms with E-state index >= 15 is 0 Å². The lowest BCUT2D eigenvalue weighted by Gasteiger charge is -2.35. The molecule has 2 atom stereocenters. The molecule has 1 saturated carbocycles. The minimum Gasteiger partial charge on any atom is -0.335 e. The van der Waals surface area contributed by atoms with Crippen LogP contribution < -0.4 is 10.9 Å². The molecule has 31 heavy (non-hydrogen) atoms. The van der Waals surface area contributed by atoms with Gasteiger partial charge in [0.05, 0.1) is 11.4 Å². The standard InChI is InChI=1S/C25H28N4O2/c1-28-13-10-18(14-23(28)30)21-9-12-26-15-22(21)25(31)29(20-7-8-20)16-19-5-2-4-17-6-3-11-27-24(17)19/h2-6,10-11,13-14,20-22,26H,7-9,12,15-16H2,1H3. The van der Waals surface area contributed by atoms with E-state index in [1.165, 1.54) is 0 Å². The number of rotatable bonds is 5. The topological polar surface area (TPSA) is 67.2 Å². The second-order valence-corrected chi connectivity index (χ2v) is 8.80. The molecule has 0 bridgehead atoms. The van der Waals surface area contributed by atoms with Crippen LogP contribution in [0.1, 0.15) is 36.3 Å². The molecular weight excluding hydrogens is 388 g/mol. The molecule has 2 unspecified atom stereocenters. The number of benzene rings is 1. The van der Waals surface area contributed by atoms with Gasteiger partial charge in [-0.2, -0.15) is 0 Å². The van der Waals surface area contributed by atoms with E-state index in [-0.39, 0.29) is 23.3 Å². The molecule has 3 aromatic rings. The molecule has 0 spiro atoms. The van der Waals surface area contributed by atoms with Gasteiger partial charge in [0.15, 0.2) is 0 Å². The highest BCUT2D eigenvalue weighted by atomic mass is 16.2. The maximum Gasteiger partial charge on any atom is 0.250 e. The Bertz CT molecular complexity index is 1160. The van der Waals surface area contributed by atoms with Crippen molar-refractivity contribution in [2.45, 2.75) is 37.8 Å². The van der Waals surface area contributed by atoms with Crippen molar-refractivity contribution in [3.8, 4) is 0 Å². The number of amides is 1. The van der Waals surface area contributed by atoms with E-state index in [1.807, 2.05) is 30.6 Å². The van der Waals surface area contributed by atoms with Gasteiger partial charge in [-0.15, -0.1) is 0 Å². The summed E-state index contributed by atoms with van der Waals surface area (Å²) in [5.74, 6) is 0.0900. The van der Waals surface area contributed by atoms with Gasteiger partial charge in [-0.3, -0.25) is 14.6 Å². The van der Waals surface area contributed by atoms with Gasteiger partial charge < -0.3 is 14.8 Å². The molecular formula is C25H28N4O2. The van der Waals surface area contributed by atoms with Crippen molar-refractivity contribution in [3.63, 3.8) is 0 Å². The van der Waals surface area contributed by atoms with Crippen LogP contribution in [-0.2, 0) is 18.4 Å². The van der Waals surface area contributed by atoms with Crippen molar-refractivity contribution >= 4 is 16.8 Å². The fraction of sp³-hybridized carbons (Fsp3) is 0.400. The van der Waals surface area contributed by atoms with Crippen molar-refractivity contribution in [2.75, 3.05) is 13.1 Å². The zero-order valence-corrected chi connectivity index (χ0v) is 17.8. The molecule has 1 saturated heterocycles. The summed E-state index contributed by atoms with van der Waals surface area (Å²) >= 11 is 0. The predicted molar refractivity (Wildman–Crippen MR) is 121 cm³/mol. The number of nitrogens with one attached hydrogen (secondary N) is 1. The second kappa shape index (κ2) is 8.27. The number of hydrogen-bond acceptors (Lipinski definition) is 4. The number of hydrogen-bond donors (Lipinski definition) is 1. The molecule has 0 radical (unpaired) electrons. The summed E-state index contributed by atoms with van der Waals surface area (Å²) in [6, 6.07) is 14.2. The molecule has 3 heterocycles. The van der Waals surface area contributed by atoms with Crippen molar-refractivity contribution in [1.82, 2.24) is 19.8 Å². The average Bonchev–Trinajstić information content (AvgIpc) is 3.64. The molecule has 1 amide bonds. The number of aryl methyl sites for hydroxylation is 1. The van der Waals surface area contributed by atoms with E-state index in [1.54, 1.807) is 17.7 Å². The quantitative estimate of drug-likeness (QED) is 0.695. The third-order valence-corrected chi connectivity index (χ3v) is 6.68. The van der Waals surface area contributed by atoms with Crippen molar-refractivity contribution in [3.05, 3.63) is 76.3 Å². The summed E-state index contributed by atoms with van der Waals surface area (Å²) in [6.07, 6.45) is 6.59. The van der Waals surface area contributed by atoms with Gasteiger partial charge in [0, 0.05) is 50.0 Å². The van der Waals surface area contributed by atoms with E-state index in [4.69, 9.17) is 0 Å². The van der Waals surface area contributed by atoms with Crippen LogP contribution in [0.3, 0.4) is 0 Å². The first-order valence-electron chi connectivity index (χ1n) is 11.1. The summed E-state index contributed by atoms with van der Waals surface area (Å²) in [7, 11) is 1.75. The van der Waals surface area contributed by atoms with Gasteiger partial charge in [0.2, 0.25) is 5.91 Å². The number of pyridine rings is 2. The Morgan fingerprint density at radius 1 is 1.19 bits per heavy atom. The first-order chi connectivity index (χ1) is 15.1. The van der Waals surface area contributed by atoms with Gasteiger partial charge >= 0.3 is 0 Å². The van der Waals surface area contributed by atoms with E-state index < -0.39 is 0 Å². The molecule has 5 rings (SSSR count). The highest BCUT2D eigenvalue weighted by Crippen LogP contribution is 2.36. The van der Waals surface area contributed by atoms with E-state index in [9.17, 15) is 9.59 Å². The molecule has 1 aliphatic carbocycles. The molecule has 6 heteroatoms. The largest absolute Gasteiger partial charge is 0.335 e. The van der Waals surface area contributed by atoms with Crippen LogP contribution in [-0.4, -0.2) is 39.5 Å². The lowest BCUT2D eigenvalue weighted by molar-refractivity contribution is -0.138. The fourth-order valence-corrected chi connectivity index (χ4v) is 4.78. The predicted octanol–water partition coefficient (Wildman–Crippen LogP) is 2.82. The maximum absolute atomic E-state index is 13.8. The zero-order chi connectivity index (χ0) is 21.4. The van der Waals surface area contributed by atoms with Crippen LogP contribution in [0.4, 0.5) is 0 Å². The number of carbonyl (C=O) groups is 1. The normalized spacial score (nSPS) is 21.2. The zero-order valence-electron chi connectivity index (χ0n) is 17.8. The fourth-order valence-electron chi connectivity index (χ4n) is 4.78. The van der Waals surface area contributed by atoms with Crippen LogP contribution in [0.15, 0.2) is 59.7 Å². The summed E-state index contributed by atoms with van der Waals surface area (Å²) in [5.41, 5.74) is 3.01. The number of carbonyl (C=O) groups excluding carboxylic acids is 1. The monoisotopic (exact) mass is 416 g/mol. The van der Waals surface area contributed by atoms with Gasteiger partial charge in [-0.05, 0) is 55.0 Å². The minimum atomic E-state index is -0.163. The summed E-state index contributed by atoms with van der Waals surface area (Å²) in [6.45, 7) is 2.09. The molecule has 1 N–H and O–H groups in total. The second-order valence-electron chi connectivity index (χ2n) is 8.80. The summed E-state index contributed by atoms with van der Waals surface area (Å²) < 4.78 is 1.57. The van der Waals surface area contributed by atoms with Crippen LogP contribution >= 0.6 is 0 Å². The van der Waals surface area contributed by atoms with Crippen molar-refractivity contribution in [1.29, 1.82) is 0 Å². The Kier molecular flexibility index (Phi) is 5.32. The number of fused-ring (bicyclic) bond motifs is 1. The van der Waals surface area contributed by atoms with Gasteiger partial charge in [-0.25, -0.2) is 0 Å². The molecule has 160 valence electrons. The third kappa shape index (κ3) is 4.00. The van der Waals surface area contributed by atoms with Gasteiger partial charge in [0.25, 0.3) is 5.56 Å². The van der Waals surface area contributed by atoms with Crippen molar-refractivity contribution < 1.29 is 4.79 Å². The lowest BCUT2D eigenvalue weighted by atomic mass is 9.80. The van der Waals surface area contributed by atoms with Crippen LogP contribution in [0.2, 0.25) is 0 Å². The molecule has 2 aliphatic rings. The highest BCUT2D eigenvalue weighted by Gasteiger charge is 2.40. The molecule has 2 aromatic heterocycles. The number of aromatic nitrogens is 2. The SMILES string of the molecule is Cn1ccc(C2CCNCC2C(=O)N(Cc2cccc3cccnc23)C2CC2)cc1=O. The molecule has 1 aliphatic heterocycles. The Labute approximate surface area is 181 Å². The van der Waals surface area contributed by atoms with Crippen LogP contribution in [0, 0.1) is 5.92 Å². The van der Waals surface area contributed by atoms with E-state index in [0.717, 1.165) is 47.8 Å². The van der Waals surface area contributed by atoms with Crippen molar-refractivity contribution in [2.24, 2.45) is 13.0 Å². The molecule has 6 nitrogen and oxygen atoms in total. The summed E-state index contributed by atoms with van der Waals surface area (Å²) in [5, 5.41) is 4.50. The number of piperidine rings is 1. The van der Waals surface area contributed by atoms with Crippen LogP contribution in [0.5, 0.6) is 0 Å². The minimum absolute atomic E-state index is 0.0249. The summed E-state index contributed by atoms with van der Waals surface area (Å²) in [4.78, 5) is 32.7. The van der Waals surface area contributed by atoms with E-state index in [2.05, 4.69) is 33.4 Å². The Balaban J connectivity index is 1.45. The lowest BCUT2D eigenvalue weighted by Crippen LogP contribution is -2.47. The first-order valence-corrected chi connectivity index (χ1v) is 11.1. The van der Waals surface area contributed by atoms with Gasteiger partial charge in [0.1, 0.15) is 0 Å². The molecule has 2 fully saturated rings. The Morgan fingerprint density at radius 2 is 2.03 bits per heavy atom. The third-order valence-electron chi connectivity index (χ3n) is 6.68. The first kappa shape index (κ1) is 19.9.